The molecule has 0 bridgehead atoms. The molecular weight excluding hydrogens is 180 g/mol. The van der Waals surface area contributed by atoms with Gasteiger partial charge in [-0.1, -0.05) is 0 Å². The van der Waals surface area contributed by atoms with Crippen molar-refractivity contribution in [3.05, 3.63) is 17.8 Å². The Morgan fingerprint density at radius 1 is 1.64 bits per heavy atom. The van der Waals surface area contributed by atoms with E-state index in [-0.39, 0.29) is 6.04 Å². The van der Waals surface area contributed by atoms with Crippen LogP contribution >= 0.6 is 0 Å². The normalized spacial score (nSPS) is 13.1. The third-order valence-electron chi connectivity index (χ3n) is 1.99. The van der Waals surface area contributed by atoms with Gasteiger partial charge in [0.1, 0.15) is 5.76 Å². The highest BCUT2D eigenvalue weighted by Crippen LogP contribution is 2.11. The van der Waals surface area contributed by atoms with Crippen LogP contribution in [-0.4, -0.2) is 25.2 Å². The van der Waals surface area contributed by atoms with Gasteiger partial charge in [-0.3, -0.25) is 0 Å². The summed E-state index contributed by atoms with van der Waals surface area (Å²) in [5, 5.41) is 3.31. The highest BCUT2D eigenvalue weighted by atomic mass is 16.5. The molecule has 0 aromatic carbocycles. The zero-order chi connectivity index (χ0) is 10.4. The topological polar surface area (TPSA) is 47.3 Å². The fourth-order valence-corrected chi connectivity index (χ4v) is 1.19. The Morgan fingerprint density at radius 3 is 3.00 bits per heavy atom. The Hall–Kier alpha value is -0.870. The summed E-state index contributed by atoms with van der Waals surface area (Å²) in [6, 6.07) is 0.167. The first-order valence-corrected chi connectivity index (χ1v) is 4.88. The van der Waals surface area contributed by atoms with Crippen LogP contribution in [0.25, 0.3) is 0 Å². The van der Waals surface area contributed by atoms with Crippen LogP contribution in [0.5, 0.6) is 0 Å². The first kappa shape index (κ1) is 11.2. The summed E-state index contributed by atoms with van der Waals surface area (Å²) in [7, 11) is 1.71. The molecule has 1 N–H and O–H groups in total. The molecule has 0 fully saturated rings. The van der Waals surface area contributed by atoms with Crippen molar-refractivity contribution in [2.45, 2.75) is 26.3 Å². The molecular formula is C10H18N2O2. The molecule has 4 nitrogen and oxygen atoms in total. The highest BCUT2D eigenvalue weighted by Gasteiger charge is 2.09. The minimum absolute atomic E-state index is 0.167. The van der Waals surface area contributed by atoms with Crippen LogP contribution in [0.1, 0.15) is 31.0 Å². The lowest BCUT2D eigenvalue weighted by Gasteiger charge is -2.09. The molecule has 0 saturated heterocycles. The molecule has 80 valence electrons. The van der Waals surface area contributed by atoms with E-state index < -0.39 is 0 Å². The van der Waals surface area contributed by atoms with E-state index in [1.807, 2.05) is 13.8 Å². The maximum Gasteiger partial charge on any atom is 0.211 e. The quantitative estimate of drug-likeness (QED) is 0.706. The van der Waals surface area contributed by atoms with Crippen LogP contribution in [0.4, 0.5) is 0 Å². The summed E-state index contributed by atoms with van der Waals surface area (Å²) in [6.07, 6.45) is 2.74. The second-order valence-electron chi connectivity index (χ2n) is 3.33. The van der Waals surface area contributed by atoms with Gasteiger partial charge >= 0.3 is 0 Å². The number of methoxy groups -OCH3 is 1. The summed E-state index contributed by atoms with van der Waals surface area (Å²) in [5.74, 6) is 1.60. The van der Waals surface area contributed by atoms with Gasteiger partial charge in [0.15, 0.2) is 0 Å². The Kier molecular flexibility index (Phi) is 4.62. The Balaban J connectivity index is 2.25. The average molecular weight is 198 g/mol. The first-order chi connectivity index (χ1) is 6.74. The van der Waals surface area contributed by atoms with E-state index in [0.29, 0.717) is 0 Å². The van der Waals surface area contributed by atoms with Crippen LogP contribution in [0.2, 0.25) is 0 Å². The summed E-state index contributed by atoms with van der Waals surface area (Å²) in [6.45, 7) is 5.63. The minimum Gasteiger partial charge on any atom is -0.444 e. The highest BCUT2D eigenvalue weighted by molar-refractivity contribution is 4.94. The predicted molar refractivity (Wildman–Crippen MR) is 54.2 cm³/mol. The molecule has 0 saturated carbocycles. The minimum atomic E-state index is 0.167. The van der Waals surface area contributed by atoms with E-state index in [1.165, 1.54) is 0 Å². The van der Waals surface area contributed by atoms with Crippen molar-refractivity contribution in [1.82, 2.24) is 10.3 Å². The van der Waals surface area contributed by atoms with E-state index in [4.69, 9.17) is 9.15 Å². The van der Waals surface area contributed by atoms with Gasteiger partial charge in [-0.2, -0.15) is 0 Å². The molecule has 1 unspecified atom stereocenters. The van der Waals surface area contributed by atoms with Crippen molar-refractivity contribution in [3.8, 4) is 0 Å². The predicted octanol–water partition coefficient (Wildman–Crippen LogP) is 1.67. The Labute approximate surface area is 84.7 Å². The van der Waals surface area contributed by atoms with Gasteiger partial charge in [-0.15, -0.1) is 0 Å². The molecule has 0 aliphatic rings. The number of aryl methyl sites for hydroxylation is 1. The number of hydrogen-bond acceptors (Lipinski definition) is 4. The zero-order valence-electron chi connectivity index (χ0n) is 9.04. The SMILES string of the molecule is COCCCNC(C)c1ncc(C)o1. The monoisotopic (exact) mass is 198 g/mol. The Morgan fingerprint density at radius 2 is 2.43 bits per heavy atom. The van der Waals surface area contributed by atoms with Crippen molar-refractivity contribution < 1.29 is 9.15 Å². The molecule has 14 heavy (non-hydrogen) atoms. The summed E-state index contributed by atoms with van der Waals surface area (Å²) in [4.78, 5) is 4.15. The number of rotatable bonds is 6. The molecule has 0 radical (unpaired) electrons. The Bertz CT molecular complexity index is 260. The smallest absolute Gasteiger partial charge is 0.211 e. The number of oxazole rings is 1. The van der Waals surface area contributed by atoms with Crippen LogP contribution in [0.15, 0.2) is 10.6 Å². The summed E-state index contributed by atoms with van der Waals surface area (Å²) in [5.41, 5.74) is 0. The number of nitrogens with one attached hydrogen (secondary N) is 1. The van der Waals surface area contributed by atoms with Gasteiger partial charge in [0.25, 0.3) is 0 Å². The molecule has 4 heteroatoms. The van der Waals surface area contributed by atoms with E-state index in [9.17, 15) is 0 Å². The van der Waals surface area contributed by atoms with E-state index in [0.717, 1.165) is 31.2 Å². The van der Waals surface area contributed by atoms with E-state index in [1.54, 1.807) is 13.3 Å². The van der Waals surface area contributed by atoms with Gasteiger partial charge in [0.2, 0.25) is 5.89 Å². The fourth-order valence-electron chi connectivity index (χ4n) is 1.19. The standard InChI is InChI=1S/C10H18N2O2/c1-8-7-12-10(14-8)9(2)11-5-4-6-13-3/h7,9,11H,4-6H2,1-3H3. The molecule has 0 aliphatic carbocycles. The van der Waals surface area contributed by atoms with Crippen LogP contribution in [0, 0.1) is 6.92 Å². The zero-order valence-corrected chi connectivity index (χ0v) is 9.04. The van der Waals surface area contributed by atoms with Gasteiger partial charge in [-0.25, -0.2) is 4.98 Å². The van der Waals surface area contributed by atoms with Crippen LogP contribution in [0.3, 0.4) is 0 Å². The number of nitrogens with zero attached hydrogens (tertiary/aromatic N) is 1. The van der Waals surface area contributed by atoms with Gasteiger partial charge in [0, 0.05) is 13.7 Å². The first-order valence-electron chi connectivity index (χ1n) is 4.88. The van der Waals surface area contributed by atoms with Gasteiger partial charge in [-0.05, 0) is 26.8 Å². The molecule has 0 aliphatic heterocycles. The van der Waals surface area contributed by atoms with Crippen molar-refractivity contribution in [2.75, 3.05) is 20.3 Å². The molecule has 0 spiro atoms. The molecule has 0 amide bonds. The number of hydrogen-bond donors (Lipinski definition) is 1. The second kappa shape index (κ2) is 5.78. The average Bonchev–Trinajstić information content (AvgIpc) is 2.59. The van der Waals surface area contributed by atoms with Crippen LogP contribution < -0.4 is 5.32 Å². The third kappa shape index (κ3) is 3.47. The lowest BCUT2D eigenvalue weighted by Crippen LogP contribution is -2.21. The summed E-state index contributed by atoms with van der Waals surface area (Å²) >= 11 is 0. The maximum absolute atomic E-state index is 5.40. The number of ether oxygens (including phenoxy) is 1. The van der Waals surface area contributed by atoms with Crippen molar-refractivity contribution >= 4 is 0 Å². The molecule has 1 heterocycles. The lowest BCUT2D eigenvalue weighted by molar-refractivity contribution is 0.193. The van der Waals surface area contributed by atoms with E-state index >= 15 is 0 Å². The largest absolute Gasteiger partial charge is 0.444 e. The van der Waals surface area contributed by atoms with Crippen LogP contribution in [-0.2, 0) is 4.74 Å². The molecule has 1 atom stereocenters. The second-order valence-corrected chi connectivity index (χ2v) is 3.33. The summed E-state index contributed by atoms with van der Waals surface area (Å²) < 4.78 is 10.4. The lowest BCUT2D eigenvalue weighted by atomic mass is 10.3. The molecule has 1 rings (SSSR count). The van der Waals surface area contributed by atoms with Crippen molar-refractivity contribution in [2.24, 2.45) is 0 Å². The molecule has 1 aromatic rings. The molecule has 1 aromatic heterocycles. The van der Waals surface area contributed by atoms with Crippen molar-refractivity contribution in [1.29, 1.82) is 0 Å². The number of aromatic nitrogens is 1. The fraction of sp³-hybridized carbons (Fsp3) is 0.700. The van der Waals surface area contributed by atoms with Gasteiger partial charge in [0.05, 0.1) is 12.2 Å². The third-order valence-corrected chi connectivity index (χ3v) is 1.99. The van der Waals surface area contributed by atoms with E-state index in [2.05, 4.69) is 10.3 Å². The van der Waals surface area contributed by atoms with Gasteiger partial charge < -0.3 is 14.5 Å². The maximum atomic E-state index is 5.40. The van der Waals surface area contributed by atoms with Crippen molar-refractivity contribution in [3.63, 3.8) is 0 Å².